The predicted molar refractivity (Wildman–Crippen MR) is 60.6 cm³/mol. The van der Waals surface area contributed by atoms with Crippen LogP contribution >= 0.6 is 0 Å². The van der Waals surface area contributed by atoms with E-state index in [0.717, 1.165) is 10.8 Å². The first-order valence-corrected chi connectivity index (χ1v) is 6.16. The molecule has 2 bridgehead atoms. The van der Waals surface area contributed by atoms with Gasteiger partial charge < -0.3 is 0 Å². The fourth-order valence-electron chi connectivity index (χ4n) is 1.90. The number of nitrogens with two attached hydrogens (primary N) is 1. The predicted octanol–water partition coefficient (Wildman–Crippen LogP) is 1.27. The number of hydrogen-bond acceptors (Lipinski definition) is 3. The van der Waals surface area contributed by atoms with Crippen molar-refractivity contribution in [3.8, 4) is 0 Å². The number of sulfonamides is 1. The Bertz CT molecular complexity index is 760. The Labute approximate surface area is 92.1 Å². The molecular weight excluding hydrogens is 224 g/mol. The van der Waals surface area contributed by atoms with Gasteiger partial charge in [0.25, 0.3) is 0 Å². The summed E-state index contributed by atoms with van der Waals surface area (Å²) in [6.45, 7) is 0. The molecule has 0 fully saturated rings. The molecule has 16 heavy (non-hydrogen) atoms. The van der Waals surface area contributed by atoms with Crippen LogP contribution in [0.1, 0.15) is 0 Å². The molecule has 4 nitrogen and oxygen atoms in total. The van der Waals surface area contributed by atoms with Gasteiger partial charge in [-0.05, 0) is 11.5 Å². The Hall–Kier alpha value is -1.72. The molecule has 2 heterocycles. The number of benzene rings is 2. The minimum Gasteiger partial charge on any atom is -0.256 e. The molecule has 1 radical (unpaired) electrons. The summed E-state index contributed by atoms with van der Waals surface area (Å²) in [6.07, 6.45) is 1.71. The molecule has 0 saturated carbocycles. The quantitative estimate of drug-likeness (QED) is 0.685. The summed E-state index contributed by atoms with van der Waals surface area (Å²) in [5.41, 5.74) is 0.617. The molecule has 4 rings (SSSR count). The van der Waals surface area contributed by atoms with Crippen LogP contribution in [0.4, 0.5) is 0 Å². The van der Waals surface area contributed by atoms with Crippen LogP contribution in [-0.4, -0.2) is 13.4 Å². The average Bonchev–Trinajstić information content (AvgIpc) is 2.29. The highest BCUT2D eigenvalue weighted by molar-refractivity contribution is 7.89. The van der Waals surface area contributed by atoms with Crippen molar-refractivity contribution in [3.05, 3.63) is 36.5 Å². The number of fused-ring (bicyclic) bond motifs is 2. The van der Waals surface area contributed by atoms with E-state index in [2.05, 4.69) is 11.1 Å². The fraction of sp³-hybridized carbons (Fsp3) is 0. The third-order valence-electron chi connectivity index (χ3n) is 2.58. The second kappa shape index (κ2) is 2.90. The lowest BCUT2D eigenvalue weighted by molar-refractivity contribution is 0.598. The first-order chi connectivity index (χ1) is 7.57. The number of pyridine rings is 2. The van der Waals surface area contributed by atoms with Gasteiger partial charge in [0.15, 0.2) is 0 Å². The summed E-state index contributed by atoms with van der Waals surface area (Å²) in [4.78, 5) is 4.15. The van der Waals surface area contributed by atoms with E-state index in [-0.39, 0.29) is 4.90 Å². The average molecular weight is 231 g/mol. The number of hydrogen-bond donors (Lipinski definition) is 1. The topological polar surface area (TPSA) is 73.1 Å². The highest BCUT2D eigenvalue weighted by Gasteiger charge is 2.16. The summed E-state index contributed by atoms with van der Waals surface area (Å²) < 4.78 is 22.9. The van der Waals surface area contributed by atoms with Crippen molar-refractivity contribution in [2.45, 2.75) is 4.90 Å². The Morgan fingerprint density at radius 2 is 2.06 bits per heavy atom. The first kappa shape index (κ1) is 9.50. The van der Waals surface area contributed by atoms with Crippen molar-refractivity contribution in [2.24, 2.45) is 5.14 Å². The standard InChI is InChI=1S/C11H7N2O2S/c12-16(14,15)10-3-1-2-8-7-4-5-9(11(8)10)13-6-7/h1-2,4-6H,(H2,12,14,15). The largest absolute Gasteiger partial charge is 0.256 e. The molecule has 2 aromatic heterocycles. The van der Waals surface area contributed by atoms with Crippen LogP contribution < -0.4 is 5.14 Å². The maximum absolute atomic E-state index is 11.4. The van der Waals surface area contributed by atoms with Crippen molar-refractivity contribution >= 4 is 31.7 Å². The normalized spacial score (nSPS) is 12.6. The smallest absolute Gasteiger partial charge is 0.239 e. The van der Waals surface area contributed by atoms with Gasteiger partial charge in [0, 0.05) is 23.0 Å². The van der Waals surface area contributed by atoms with Gasteiger partial charge in [-0.15, -0.1) is 0 Å². The zero-order valence-corrected chi connectivity index (χ0v) is 8.95. The molecule has 0 amide bonds. The Balaban J connectivity index is 2.64. The molecular formula is C11H7N2O2S. The molecule has 2 N–H and O–H groups in total. The minimum absolute atomic E-state index is 0.0127. The van der Waals surface area contributed by atoms with Crippen molar-refractivity contribution in [1.82, 2.24) is 4.98 Å². The van der Waals surface area contributed by atoms with E-state index in [9.17, 15) is 8.42 Å². The lowest BCUT2D eigenvalue weighted by atomic mass is 10.1. The summed E-state index contributed by atoms with van der Waals surface area (Å²) in [5.74, 6) is 0. The first-order valence-electron chi connectivity index (χ1n) is 4.62. The van der Waals surface area contributed by atoms with Crippen LogP contribution in [-0.2, 0) is 10.0 Å². The number of nitrogens with zero attached hydrogens (tertiary/aromatic N) is 1. The molecule has 0 aliphatic rings. The highest BCUT2D eigenvalue weighted by Crippen LogP contribution is 2.30. The SMILES string of the molecule is NS(=O)(=O)c1[c]ccc2c3ccc(nc3)c12. The second-order valence-electron chi connectivity index (χ2n) is 3.57. The lowest BCUT2D eigenvalue weighted by Gasteiger charge is -2.08. The summed E-state index contributed by atoms with van der Waals surface area (Å²) >= 11 is 0. The molecule has 0 aliphatic carbocycles. The van der Waals surface area contributed by atoms with Crippen LogP contribution in [0.15, 0.2) is 35.4 Å². The Kier molecular flexibility index (Phi) is 1.72. The van der Waals surface area contributed by atoms with Crippen molar-refractivity contribution in [3.63, 3.8) is 0 Å². The van der Waals surface area contributed by atoms with Crippen LogP contribution in [0.2, 0.25) is 0 Å². The molecule has 79 valence electrons. The van der Waals surface area contributed by atoms with E-state index in [1.54, 1.807) is 18.3 Å². The summed E-state index contributed by atoms with van der Waals surface area (Å²) in [5, 5.41) is 7.45. The van der Waals surface area contributed by atoms with E-state index < -0.39 is 10.0 Å². The summed E-state index contributed by atoms with van der Waals surface area (Å²) in [6, 6.07) is 9.72. The third kappa shape index (κ3) is 1.19. The van der Waals surface area contributed by atoms with Crippen LogP contribution in [0.5, 0.6) is 0 Å². The van der Waals surface area contributed by atoms with Crippen LogP contribution in [0, 0.1) is 6.07 Å². The van der Waals surface area contributed by atoms with Crippen LogP contribution in [0.3, 0.4) is 0 Å². The van der Waals surface area contributed by atoms with Crippen molar-refractivity contribution in [2.75, 3.05) is 0 Å². The van der Waals surface area contributed by atoms with Gasteiger partial charge >= 0.3 is 0 Å². The molecule has 2 aromatic carbocycles. The maximum atomic E-state index is 11.4. The molecule has 4 aromatic rings. The minimum atomic E-state index is -3.76. The molecule has 0 aliphatic heterocycles. The van der Waals surface area contributed by atoms with Gasteiger partial charge in [-0.1, -0.05) is 18.2 Å². The van der Waals surface area contributed by atoms with Gasteiger partial charge in [0.05, 0.1) is 10.4 Å². The third-order valence-corrected chi connectivity index (χ3v) is 3.47. The monoisotopic (exact) mass is 231 g/mol. The van der Waals surface area contributed by atoms with E-state index >= 15 is 0 Å². The van der Waals surface area contributed by atoms with Gasteiger partial charge in [0.1, 0.15) is 0 Å². The van der Waals surface area contributed by atoms with E-state index in [1.807, 2.05) is 12.1 Å². The van der Waals surface area contributed by atoms with E-state index in [1.165, 1.54) is 0 Å². The lowest BCUT2D eigenvalue weighted by Crippen LogP contribution is -2.13. The molecule has 0 spiro atoms. The molecule has 5 heteroatoms. The van der Waals surface area contributed by atoms with Gasteiger partial charge in [-0.25, -0.2) is 13.6 Å². The van der Waals surface area contributed by atoms with Crippen LogP contribution in [0.25, 0.3) is 21.7 Å². The van der Waals surface area contributed by atoms with Gasteiger partial charge in [0.2, 0.25) is 10.0 Å². The highest BCUT2D eigenvalue weighted by atomic mass is 32.2. The van der Waals surface area contributed by atoms with E-state index in [4.69, 9.17) is 5.14 Å². The molecule has 0 unspecified atom stereocenters. The number of rotatable bonds is 1. The summed E-state index contributed by atoms with van der Waals surface area (Å²) in [7, 11) is -3.76. The zero-order valence-electron chi connectivity index (χ0n) is 8.14. The number of primary sulfonamides is 1. The van der Waals surface area contributed by atoms with E-state index in [0.29, 0.717) is 10.9 Å². The second-order valence-corrected chi connectivity index (χ2v) is 5.07. The number of aromatic nitrogens is 1. The zero-order chi connectivity index (χ0) is 11.3. The van der Waals surface area contributed by atoms with Gasteiger partial charge in [-0.3, -0.25) is 4.98 Å². The maximum Gasteiger partial charge on any atom is 0.239 e. The molecule has 0 saturated heterocycles. The van der Waals surface area contributed by atoms with Crippen molar-refractivity contribution < 1.29 is 8.42 Å². The fourth-order valence-corrected chi connectivity index (χ4v) is 2.63. The molecule has 0 atom stereocenters. The Morgan fingerprint density at radius 3 is 2.69 bits per heavy atom. The Morgan fingerprint density at radius 1 is 1.25 bits per heavy atom. The van der Waals surface area contributed by atoms with Gasteiger partial charge in [-0.2, -0.15) is 0 Å². The van der Waals surface area contributed by atoms with Crippen molar-refractivity contribution in [1.29, 1.82) is 0 Å².